The molecule has 0 saturated heterocycles. The fourth-order valence-corrected chi connectivity index (χ4v) is 2.76. The number of benzene rings is 2. The highest BCUT2D eigenvalue weighted by molar-refractivity contribution is 5.84. The van der Waals surface area contributed by atoms with Crippen molar-refractivity contribution >= 4 is 10.9 Å². The number of aliphatic hydroxyl groups excluding tert-OH is 1. The van der Waals surface area contributed by atoms with Gasteiger partial charge in [-0.25, -0.2) is 0 Å². The van der Waals surface area contributed by atoms with Crippen LogP contribution < -0.4 is 5.73 Å². The van der Waals surface area contributed by atoms with Gasteiger partial charge in [-0.1, -0.05) is 42.5 Å². The standard InChI is InChI=1S/C18H20N2O/c19-10-9-16-12-20(18-4-2-1-3-17(16)18)11-14-5-7-15(13-21)8-6-14/h1-8,12,21H,9-11,13,19H2. The van der Waals surface area contributed by atoms with Crippen LogP contribution in [0.25, 0.3) is 10.9 Å². The normalized spacial score (nSPS) is 11.1. The number of nitrogens with two attached hydrogens (primary N) is 1. The first kappa shape index (κ1) is 13.9. The van der Waals surface area contributed by atoms with Gasteiger partial charge in [-0.2, -0.15) is 0 Å². The number of hydrogen-bond donors (Lipinski definition) is 2. The third kappa shape index (κ3) is 2.84. The van der Waals surface area contributed by atoms with Gasteiger partial charge in [0.25, 0.3) is 0 Å². The van der Waals surface area contributed by atoms with E-state index in [1.54, 1.807) is 0 Å². The van der Waals surface area contributed by atoms with Gasteiger partial charge in [0, 0.05) is 23.6 Å². The van der Waals surface area contributed by atoms with E-state index in [4.69, 9.17) is 10.8 Å². The summed E-state index contributed by atoms with van der Waals surface area (Å²) in [5.74, 6) is 0. The molecule has 1 aromatic heterocycles. The second-order valence-electron chi connectivity index (χ2n) is 5.31. The van der Waals surface area contributed by atoms with Crippen LogP contribution in [0, 0.1) is 0 Å². The van der Waals surface area contributed by atoms with E-state index in [1.165, 1.54) is 22.0 Å². The lowest BCUT2D eigenvalue weighted by atomic mass is 10.1. The molecule has 2 aromatic carbocycles. The van der Waals surface area contributed by atoms with Gasteiger partial charge in [-0.15, -0.1) is 0 Å². The molecule has 3 rings (SSSR count). The Bertz CT molecular complexity index is 729. The maximum atomic E-state index is 9.10. The van der Waals surface area contributed by atoms with Crippen molar-refractivity contribution in [2.45, 2.75) is 19.6 Å². The molecule has 0 radical (unpaired) electrons. The van der Waals surface area contributed by atoms with E-state index >= 15 is 0 Å². The molecule has 0 unspecified atom stereocenters. The van der Waals surface area contributed by atoms with Gasteiger partial charge < -0.3 is 15.4 Å². The molecule has 0 aliphatic rings. The Kier molecular flexibility index (Phi) is 4.04. The van der Waals surface area contributed by atoms with E-state index in [9.17, 15) is 0 Å². The quantitative estimate of drug-likeness (QED) is 0.755. The predicted molar refractivity (Wildman–Crippen MR) is 86.2 cm³/mol. The lowest BCUT2D eigenvalue weighted by Gasteiger charge is -2.06. The van der Waals surface area contributed by atoms with Gasteiger partial charge in [-0.05, 0) is 35.7 Å². The smallest absolute Gasteiger partial charge is 0.0681 e. The molecular weight excluding hydrogens is 260 g/mol. The van der Waals surface area contributed by atoms with E-state index in [-0.39, 0.29) is 6.61 Å². The zero-order valence-electron chi connectivity index (χ0n) is 12.0. The van der Waals surface area contributed by atoms with Crippen LogP contribution in [0.1, 0.15) is 16.7 Å². The molecule has 3 aromatic rings. The predicted octanol–water partition coefficient (Wildman–Crippen LogP) is 2.68. The summed E-state index contributed by atoms with van der Waals surface area (Å²) >= 11 is 0. The van der Waals surface area contributed by atoms with Gasteiger partial charge in [-0.3, -0.25) is 0 Å². The summed E-state index contributed by atoms with van der Waals surface area (Å²) in [4.78, 5) is 0. The third-order valence-corrected chi connectivity index (χ3v) is 3.84. The van der Waals surface area contributed by atoms with Crippen molar-refractivity contribution in [3.8, 4) is 0 Å². The van der Waals surface area contributed by atoms with Crippen LogP contribution >= 0.6 is 0 Å². The fourth-order valence-electron chi connectivity index (χ4n) is 2.76. The molecule has 0 amide bonds. The molecule has 3 nitrogen and oxygen atoms in total. The first-order valence-corrected chi connectivity index (χ1v) is 7.27. The largest absolute Gasteiger partial charge is 0.392 e. The van der Waals surface area contributed by atoms with E-state index in [1.807, 2.05) is 12.1 Å². The molecule has 0 atom stereocenters. The summed E-state index contributed by atoms with van der Waals surface area (Å²) in [5, 5.41) is 10.4. The van der Waals surface area contributed by atoms with E-state index < -0.39 is 0 Å². The summed E-state index contributed by atoms with van der Waals surface area (Å²) in [7, 11) is 0. The highest BCUT2D eigenvalue weighted by Gasteiger charge is 2.07. The Morgan fingerprint density at radius 2 is 1.67 bits per heavy atom. The minimum Gasteiger partial charge on any atom is -0.392 e. The summed E-state index contributed by atoms with van der Waals surface area (Å²) in [6.07, 6.45) is 3.11. The van der Waals surface area contributed by atoms with Crippen molar-refractivity contribution in [1.82, 2.24) is 4.57 Å². The monoisotopic (exact) mass is 280 g/mol. The van der Waals surface area contributed by atoms with E-state index in [2.05, 4.69) is 47.2 Å². The van der Waals surface area contributed by atoms with Crippen LogP contribution in [-0.4, -0.2) is 16.2 Å². The van der Waals surface area contributed by atoms with Crippen LogP contribution in [0.15, 0.2) is 54.7 Å². The molecule has 0 bridgehead atoms. The number of nitrogens with zero attached hydrogens (tertiary/aromatic N) is 1. The van der Waals surface area contributed by atoms with Crippen molar-refractivity contribution < 1.29 is 5.11 Å². The number of aliphatic hydroxyl groups is 1. The first-order chi connectivity index (χ1) is 10.3. The van der Waals surface area contributed by atoms with Crippen LogP contribution in [0.3, 0.4) is 0 Å². The van der Waals surface area contributed by atoms with Gasteiger partial charge in [0.1, 0.15) is 0 Å². The molecule has 3 N–H and O–H groups in total. The summed E-state index contributed by atoms with van der Waals surface area (Å²) in [6.45, 7) is 1.59. The fraction of sp³-hybridized carbons (Fsp3) is 0.222. The lowest BCUT2D eigenvalue weighted by Crippen LogP contribution is -2.02. The molecule has 3 heteroatoms. The Hall–Kier alpha value is -2.10. The van der Waals surface area contributed by atoms with Crippen molar-refractivity contribution in [2.24, 2.45) is 5.73 Å². The zero-order valence-corrected chi connectivity index (χ0v) is 12.0. The van der Waals surface area contributed by atoms with Crippen LogP contribution in [0.2, 0.25) is 0 Å². The summed E-state index contributed by atoms with van der Waals surface area (Å²) < 4.78 is 2.27. The topological polar surface area (TPSA) is 51.2 Å². The highest BCUT2D eigenvalue weighted by atomic mass is 16.3. The number of rotatable bonds is 5. The second kappa shape index (κ2) is 6.12. The highest BCUT2D eigenvalue weighted by Crippen LogP contribution is 2.22. The maximum Gasteiger partial charge on any atom is 0.0681 e. The Morgan fingerprint density at radius 3 is 2.38 bits per heavy atom. The molecule has 21 heavy (non-hydrogen) atoms. The average Bonchev–Trinajstić information content (AvgIpc) is 2.87. The number of para-hydroxylation sites is 1. The Morgan fingerprint density at radius 1 is 0.952 bits per heavy atom. The van der Waals surface area contributed by atoms with Crippen LogP contribution in [0.4, 0.5) is 0 Å². The van der Waals surface area contributed by atoms with Gasteiger partial charge in [0.2, 0.25) is 0 Å². The van der Waals surface area contributed by atoms with Crippen molar-refractivity contribution in [3.63, 3.8) is 0 Å². The van der Waals surface area contributed by atoms with E-state index in [0.717, 1.165) is 18.5 Å². The molecule has 108 valence electrons. The Balaban J connectivity index is 1.95. The SMILES string of the molecule is NCCc1cn(Cc2ccc(CO)cc2)c2ccccc12. The van der Waals surface area contributed by atoms with Crippen molar-refractivity contribution in [2.75, 3.05) is 6.54 Å². The van der Waals surface area contributed by atoms with Gasteiger partial charge in [0.05, 0.1) is 6.61 Å². The number of fused-ring (bicyclic) bond motifs is 1. The third-order valence-electron chi connectivity index (χ3n) is 3.84. The second-order valence-corrected chi connectivity index (χ2v) is 5.31. The lowest BCUT2D eigenvalue weighted by molar-refractivity contribution is 0.282. The maximum absolute atomic E-state index is 9.10. The molecule has 0 spiro atoms. The minimum atomic E-state index is 0.0907. The van der Waals surface area contributed by atoms with Crippen molar-refractivity contribution in [1.29, 1.82) is 0 Å². The zero-order chi connectivity index (χ0) is 14.7. The molecule has 0 saturated carbocycles. The first-order valence-electron chi connectivity index (χ1n) is 7.27. The van der Waals surface area contributed by atoms with Crippen molar-refractivity contribution in [3.05, 3.63) is 71.4 Å². The average molecular weight is 280 g/mol. The molecular formula is C18H20N2O. The molecule has 0 aliphatic carbocycles. The molecule has 0 aliphatic heterocycles. The summed E-state index contributed by atoms with van der Waals surface area (Å²) in [6, 6.07) is 16.5. The molecule has 1 heterocycles. The summed E-state index contributed by atoms with van der Waals surface area (Å²) in [5.41, 5.74) is 10.4. The molecule has 0 fully saturated rings. The number of hydrogen-bond acceptors (Lipinski definition) is 2. The number of aromatic nitrogens is 1. The van der Waals surface area contributed by atoms with Gasteiger partial charge >= 0.3 is 0 Å². The van der Waals surface area contributed by atoms with Gasteiger partial charge in [0.15, 0.2) is 0 Å². The van der Waals surface area contributed by atoms with E-state index in [0.29, 0.717) is 6.54 Å². The Labute approximate surface area is 124 Å². The minimum absolute atomic E-state index is 0.0907. The van der Waals surface area contributed by atoms with Crippen LogP contribution in [-0.2, 0) is 19.6 Å². The van der Waals surface area contributed by atoms with Crippen LogP contribution in [0.5, 0.6) is 0 Å².